The zero-order valence-corrected chi connectivity index (χ0v) is 10.8. The number of halogens is 1. The van der Waals surface area contributed by atoms with Crippen LogP contribution in [0.4, 0.5) is 0 Å². The van der Waals surface area contributed by atoms with E-state index in [1.165, 1.54) is 0 Å². The maximum Gasteiger partial charge on any atom is 0.260 e. The highest BCUT2D eigenvalue weighted by Crippen LogP contribution is 2.26. The molecule has 0 bridgehead atoms. The molecule has 1 aliphatic rings. The first-order chi connectivity index (χ1) is 8.70. The van der Waals surface area contributed by atoms with E-state index < -0.39 is 0 Å². The highest BCUT2D eigenvalue weighted by Gasteiger charge is 2.32. The van der Waals surface area contributed by atoms with Crippen molar-refractivity contribution in [3.63, 3.8) is 0 Å². The van der Waals surface area contributed by atoms with Crippen molar-refractivity contribution in [2.24, 2.45) is 0 Å². The van der Waals surface area contributed by atoms with Gasteiger partial charge in [-0.25, -0.2) is 0 Å². The Balaban J connectivity index is 1.84. The molecule has 18 heavy (non-hydrogen) atoms. The van der Waals surface area contributed by atoms with Gasteiger partial charge in [0.1, 0.15) is 5.75 Å². The van der Waals surface area contributed by atoms with Crippen molar-refractivity contribution in [3.8, 4) is 5.75 Å². The molecule has 0 saturated heterocycles. The Kier molecular flexibility index (Phi) is 4.44. The van der Waals surface area contributed by atoms with Crippen molar-refractivity contribution in [2.45, 2.75) is 18.9 Å². The van der Waals surface area contributed by atoms with E-state index in [1.807, 2.05) is 0 Å². The molecule has 5 heteroatoms. The van der Waals surface area contributed by atoms with Crippen molar-refractivity contribution >= 4 is 17.5 Å². The normalized spacial score (nSPS) is 14.3. The Morgan fingerprint density at radius 3 is 2.61 bits per heavy atom. The Morgan fingerprint density at radius 2 is 2.06 bits per heavy atom. The molecule has 1 amide bonds. The van der Waals surface area contributed by atoms with Gasteiger partial charge in [0.05, 0.1) is 6.61 Å². The fraction of sp³-hybridized carbons (Fsp3) is 0.462. The number of nitrogens with zero attached hydrogens (tertiary/aromatic N) is 1. The summed E-state index contributed by atoms with van der Waals surface area (Å²) in [4.78, 5) is 13.6. The highest BCUT2D eigenvalue weighted by molar-refractivity contribution is 6.30. The van der Waals surface area contributed by atoms with E-state index in [1.54, 1.807) is 29.2 Å². The van der Waals surface area contributed by atoms with Gasteiger partial charge in [0.2, 0.25) is 0 Å². The molecule has 1 N–H and O–H groups in total. The van der Waals surface area contributed by atoms with Crippen molar-refractivity contribution in [3.05, 3.63) is 29.3 Å². The zero-order valence-electron chi connectivity index (χ0n) is 10.0. The van der Waals surface area contributed by atoms with Gasteiger partial charge in [-0.1, -0.05) is 11.6 Å². The molecule has 1 fully saturated rings. The highest BCUT2D eigenvalue weighted by atomic mass is 35.5. The number of carbonyl (C=O) groups is 1. The summed E-state index contributed by atoms with van der Waals surface area (Å²) >= 11 is 5.76. The molecule has 0 aromatic heterocycles. The molecular formula is C13H16ClNO3. The molecule has 2 rings (SSSR count). The molecular weight excluding hydrogens is 254 g/mol. The van der Waals surface area contributed by atoms with Crippen LogP contribution in [-0.2, 0) is 4.79 Å². The van der Waals surface area contributed by atoms with Crippen LogP contribution in [0.15, 0.2) is 24.3 Å². The smallest absolute Gasteiger partial charge is 0.260 e. The lowest BCUT2D eigenvalue weighted by Gasteiger charge is -2.21. The molecule has 0 radical (unpaired) electrons. The van der Waals surface area contributed by atoms with E-state index in [-0.39, 0.29) is 19.1 Å². The maximum atomic E-state index is 11.9. The van der Waals surface area contributed by atoms with Gasteiger partial charge in [0, 0.05) is 17.6 Å². The van der Waals surface area contributed by atoms with Gasteiger partial charge in [-0.15, -0.1) is 0 Å². The molecule has 4 nitrogen and oxygen atoms in total. The number of aliphatic hydroxyl groups excluding tert-OH is 1. The monoisotopic (exact) mass is 269 g/mol. The first-order valence-electron chi connectivity index (χ1n) is 5.99. The number of hydrogen-bond acceptors (Lipinski definition) is 3. The first kappa shape index (κ1) is 13.2. The molecule has 1 saturated carbocycles. The lowest BCUT2D eigenvalue weighted by molar-refractivity contribution is -0.134. The number of hydrogen-bond donors (Lipinski definition) is 1. The van der Waals surface area contributed by atoms with Crippen LogP contribution in [0.2, 0.25) is 5.02 Å². The topological polar surface area (TPSA) is 49.8 Å². The van der Waals surface area contributed by atoms with E-state index in [9.17, 15) is 4.79 Å². The molecule has 1 aromatic rings. The van der Waals surface area contributed by atoms with Gasteiger partial charge >= 0.3 is 0 Å². The fourth-order valence-electron chi connectivity index (χ4n) is 1.76. The third-order valence-electron chi connectivity index (χ3n) is 2.82. The lowest BCUT2D eigenvalue weighted by atomic mass is 10.3. The lowest BCUT2D eigenvalue weighted by Crippen LogP contribution is -2.38. The van der Waals surface area contributed by atoms with Crippen molar-refractivity contribution in [1.82, 2.24) is 4.90 Å². The summed E-state index contributed by atoms with van der Waals surface area (Å²) in [5.74, 6) is 0.536. The summed E-state index contributed by atoms with van der Waals surface area (Å²) in [6.07, 6.45) is 2.04. The van der Waals surface area contributed by atoms with E-state index in [0.717, 1.165) is 12.8 Å². The Bertz CT molecular complexity index is 403. The number of benzene rings is 1. The molecule has 0 aliphatic heterocycles. The predicted molar refractivity (Wildman–Crippen MR) is 68.8 cm³/mol. The van der Waals surface area contributed by atoms with Crippen LogP contribution >= 0.6 is 11.6 Å². The van der Waals surface area contributed by atoms with Gasteiger partial charge in [-0.3, -0.25) is 4.79 Å². The number of rotatable bonds is 6. The van der Waals surface area contributed by atoms with Crippen LogP contribution in [-0.4, -0.2) is 41.7 Å². The minimum Gasteiger partial charge on any atom is -0.484 e. The van der Waals surface area contributed by atoms with E-state index in [2.05, 4.69) is 0 Å². The maximum absolute atomic E-state index is 11.9. The number of aliphatic hydroxyl groups is 1. The third kappa shape index (κ3) is 3.62. The first-order valence-corrected chi connectivity index (χ1v) is 6.37. The molecule has 0 heterocycles. The third-order valence-corrected chi connectivity index (χ3v) is 3.08. The Morgan fingerprint density at radius 1 is 1.39 bits per heavy atom. The Hall–Kier alpha value is -1.26. The SMILES string of the molecule is O=C(COc1ccc(Cl)cc1)N(CCO)C1CC1. The standard InChI is InChI=1S/C13H16ClNO3/c14-10-1-5-12(6-2-10)18-9-13(17)15(7-8-16)11-3-4-11/h1-2,5-6,11,16H,3-4,7-9H2. The quantitative estimate of drug-likeness (QED) is 0.855. The summed E-state index contributed by atoms with van der Waals surface area (Å²) in [7, 11) is 0. The molecule has 1 aliphatic carbocycles. The van der Waals surface area contributed by atoms with E-state index >= 15 is 0 Å². The number of amides is 1. The second-order valence-corrected chi connectivity index (χ2v) is 4.72. The van der Waals surface area contributed by atoms with Crippen molar-refractivity contribution in [2.75, 3.05) is 19.8 Å². The summed E-state index contributed by atoms with van der Waals surface area (Å²) in [6.45, 7) is 0.370. The fourth-order valence-corrected chi connectivity index (χ4v) is 1.89. The second-order valence-electron chi connectivity index (χ2n) is 4.28. The molecule has 0 unspecified atom stereocenters. The molecule has 98 valence electrons. The number of carbonyl (C=O) groups excluding carboxylic acids is 1. The van der Waals surface area contributed by atoms with Gasteiger partial charge < -0.3 is 14.7 Å². The van der Waals surface area contributed by atoms with Gasteiger partial charge in [-0.05, 0) is 37.1 Å². The summed E-state index contributed by atoms with van der Waals surface area (Å²) in [6, 6.07) is 7.17. The van der Waals surface area contributed by atoms with Crippen LogP contribution in [0.25, 0.3) is 0 Å². The van der Waals surface area contributed by atoms with Crippen LogP contribution in [0.1, 0.15) is 12.8 Å². The van der Waals surface area contributed by atoms with Gasteiger partial charge in [0.15, 0.2) is 6.61 Å². The summed E-state index contributed by atoms with van der Waals surface area (Å²) in [5, 5.41) is 9.56. The second kappa shape index (κ2) is 6.07. The van der Waals surface area contributed by atoms with Crippen LogP contribution in [0.5, 0.6) is 5.75 Å². The van der Waals surface area contributed by atoms with Crippen molar-refractivity contribution in [1.29, 1.82) is 0 Å². The zero-order chi connectivity index (χ0) is 13.0. The average Bonchev–Trinajstić information content (AvgIpc) is 3.19. The summed E-state index contributed by atoms with van der Waals surface area (Å²) < 4.78 is 5.40. The van der Waals surface area contributed by atoms with E-state index in [0.29, 0.717) is 23.4 Å². The Labute approximate surface area is 111 Å². The van der Waals surface area contributed by atoms with Gasteiger partial charge in [-0.2, -0.15) is 0 Å². The van der Waals surface area contributed by atoms with Crippen LogP contribution < -0.4 is 4.74 Å². The minimum absolute atomic E-state index is 0.00185. The van der Waals surface area contributed by atoms with Crippen LogP contribution in [0, 0.1) is 0 Å². The van der Waals surface area contributed by atoms with E-state index in [4.69, 9.17) is 21.4 Å². The van der Waals surface area contributed by atoms with Crippen LogP contribution in [0.3, 0.4) is 0 Å². The molecule has 0 atom stereocenters. The number of ether oxygens (including phenoxy) is 1. The predicted octanol–water partition coefficient (Wildman–Crippen LogP) is 1.70. The average molecular weight is 270 g/mol. The van der Waals surface area contributed by atoms with Crippen molar-refractivity contribution < 1.29 is 14.6 Å². The van der Waals surface area contributed by atoms with Gasteiger partial charge in [0.25, 0.3) is 5.91 Å². The minimum atomic E-state index is -0.0819. The summed E-state index contributed by atoms with van der Waals surface area (Å²) in [5.41, 5.74) is 0. The molecule has 0 spiro atoms. The molecule has 1 aromatic carbocycles. The largest absolute Gasteiger partial charge is 0.484 e.